The predicted octanol–water partition coefficient (Wildman–Crippen LogP) is 1.20. The predicted molar refractivity (Wildman–Crippen MR) is 65.2 cm³/mol. The van der Waals surface area contributed by atoms with Crippen molar-refractivity contribution in [2.45, 2.75) is 32.7 Å². The fourth-order valence-corrected chi connectivity index (χ4v) is 2.06. The van der Waals surface area contributed by atoms with Crippen LogP contribution in [0.2, 0.25) is 0 Å². The number of hydrogen-bond donors (Lipinski definition) is 1. The quantitative estimate of drug-likeness (QED) is 0.747. The average Bonchev–Trinajstić information content (AvgIpc) is 2.64. The van der Waals surface area contributed by atoms with Gasteiger partial charge in [-0.2, -0.15) is 20.9 Å². The monoisotopic (exact) mass is 242 g/mol. The maximum absolute atomic E-state index is 9.29. The highest BCUT2D eigenvalue weighted by Gasteiger charge is 2.54. The minimum Gasteiger partial charge on any atom is -0.383 e. The van der Waals surface area contributed by atoms with Gasteiger partial charge in [-0.3, -0.25) is 0 Å². The third-order valence-electron chi connectivity index (χ3n) is 2.93. The van der Waals surface area contributed by atoms with Crippen molar-refractivity contribution in [3.8, 4) is 18.2 Å². The highest BCUT2D eigenvalue weighted by molar-refractivity contribution is 5.57. The van der Waals surface area contributed by atoms with Crippen molar-refractivity contribution in [2.75, 3.05) is 0 Å². The van der Waals surface area contributed by atoms with Crippen molar-refractivity contribution in [3.63, 3.8) is 0 Å². The molecular weight excluding hydrogens is 228 g/mol. The Balaban J connectivity index is 3.42. The van der Waals surface area contributed by atoms with Crippen LogP contribution in [-0.4, -0.2) is 17.3 Å². The molecule has 1 unspecified atom stereocenters. The van der Waals surface area contributed by atoms with E-state index >= 15 is 0 Å². The smallest absolute Gasteiger partial charge is 0.204 e. The van der Waals surface area contributed by atoms with Crippen LogP contribution in [0.5, 0.6) is 0 Å². The lowest BCUT2D eigenvalue weighted by atomic mass is 9.78. The molecular formula is C12H14N6. The summed E-state index contributed by atoms with van der Waals surface area (Å²) in [5.74, 6) is 0.0946. The zero-order chi connectivity index (χ0) is 13.8. The summed E-state index contributed by atoms with van der Waals surface area (Å²) < 4.78 is 0. The van der Waals surface area contributed by atoms with Crippen LogP contribution < -0.4 is 5.73 Å². The summed E-state index contributed by atoms with van der Waals surface area (Å²) in [7, 11) is 0. The topological polar surface area (TPSA) is 113 Å². The third-order valence-corrected chi connectivity index (χ3v) is 2.93. The summed E-state index contributed by atoms with van der Waals surface area (Å²) in [6, 6.07) is 5.21. The second-order valence-corrected chi connectivity index (χ2v) is 3.88. The van der Waals surface area contributed by atoms with Gasteiger partial charge in [0.05, 0.1) is 18.2 Å². The van der Waals surface area contributed by atoms with Crippen LogP contribution in [0.4, 0.5) is 0 Å². The Morgan fingerprint density at radius 1 is 1.39 bits per heavy atom. The van der Waals surface area contributed by atoms with Crippen molar-refractivity contribution in [2.24, 2.45) is 16.3 Å². The minimum absolute atomic E-state index is 0.00685. The first kappa shape index (κ1) is 13.5. The van der Waals surface area contributed by atoms with Gasteiger partial charge in [0, 0.05) is 6.21 Å². The summed E-state index contributed by atoms with van der Waals surface area (Å²) in [6.45, 7) is 3.74. The summed E-state index contributed by atoms with van der Waals surface area (Å²) >= 11 is 0. The molecule has 0 saturated heterocycles. The van der Waals surface area contributed by atoms with Crippen LogP contribution in [0.1, 0.15) is 26.7 Å². The van der Waals surface area contributed by atoms with Gasteiger partial charge < -0.3 is 5.73 Å². The molecule has 0 saturated carbocycles. The Morgan fingerprint density at radius 3 is 2.39 bits per heavy atom. The van der Waals surface area contributed by atoms with Crippen LogP contribution in [-0.2, 0) is 0 Å². The zero-order valence-electron chi connectivity index (χ0n) is 10.4. The van der Waals surface area contributed by atoms with E-state index in [0.717, 1.165) is 0 Å². The first-order valence-electron chi connectivity index (χ1n) is 5.67. The molecule has 1 atom stereocenters. The molecule has 6 heteroatoms. The summed E-state index contributed by atoms with van der Waals surface area (Å²) in [5, 5.41) is 33.2. The maximum atomic E-state index is 9.29. The molecule has 6 nitrogen and oxygen atoms in total. The Morgan fingerprint density at radius 2 is 2.00 bits per heavy atom. The number of hydrogen-bond acceptors (Lipinski definition) is 6. The Kier molecular flexibility index (Phi) is 3.92. The molecule has 0 amide bonds. The molecule has 0 spiro atoms. The number of hydrazone groups is 1. The SMILES string of the molecule is CCC=NN1C(N)=C(C#N)C(C#N)(C#N)C1CC. The van der Waals surface area contributed by atoms with E-state index in [2.05, 4.69) is 5.10 Å². The van der Waals surface area contributed by atoms with E-state index in [1.807, 2.05) is 32.1 Å². The standard InChI is InChI=1S/C12H14N6/c1-3-5-17-18-10(4-2)12(7-14,8-15)9(6-13)11(18)16/h5,10H,3-4,16H2,1-2H3. The van der Waals surface area contributed by atoms with Gasteiger partial charge in [-0.1, -0.05) is 13.8 Å². The van der Waals surface area contributed by atoms with Gasteiger partial charge in [0.1, 0.15) is 17.5 Å². The van der Waals surface area contributed by atoms with E-state index in [0.29, 0.717) is 12.8 Å². The summed E-state index contributed by atoms with van der Waals surface area (Å²) in [6.07, 6.45) is 2.83. The van der Waals surface area contributed by atoms with Crippen LogP contribution in [0.25, 0.3) is 0 Å². The van der Waals surface area contributed by atoms with Crippen molar-refractivity contribution in [3.05, 3.63) is 11.4 Å². The lowest BCUT2D eigenvalue weighted by Crippen LogP contribution is -2.38. The first-order chi connectivity index (χ1) is 8.62. The Hall–Kier alpha value is -2.52. The van der Waals surface area contributed by atoms with Gasteiger partial charge in [-0.05, 0) is 12.8 Å². The van der Waals surface area contributed by atoms with Crippen molar-refractivity contribution in [1.82, 2.24) is 5.01 Å². The molecule has 0 radical (unpaired) electrons. The fourth-order valence-electron chi connectivity index (χ4n) is 2.06. The molecule has 1 aliphatic heterocycles. The number of rotatable bonds is 3. The molecule has 1 aliphatic rings. The number of nitrogens with two attached hydrogens (primary N) is 1. The van der Waals surface area contributed by atoms with Gasteiger partial charge in [0.25, 0.3) is 0 Å². The van der Waals surface area contributed by atoms with Crippen LogP contribution >= 0.6 is 0 Å². The molecule has 18 heavy (non-hydrogen) atoms. The highest BCUT2D eigenvalue weighted by atomic mass is 15.5. The largest absolute Gasteiger partial charge is 0.383 e. The van der Waals surface area contributed by atoms with E-state index < -0.39 is 11.5 Å². The van der Waals surface area contributed by atoms with E-state index in [-0.39, 0.29) is 11.4 Å². The normalized spacial score (nSPS) is 21.7. The molecule has 0 aromatic heterocycles. The average molecular weight is 242 g/mol. The second kappa shape index (κ2) is 5.21. The number of nitrogens with zero attached hydrogens (tertiary/aromatic N) is 5. The Labute approximate surface area is 106 Å². The van der Waals surface area contributed by atoms with E-state index in [1.165, 1.54) is 5.01 Å². The van der Waals surface area contributed by atoms with Gasteiger partial charge in [-0.25, -0.2) is 5.01 Å². The van der Waals surface area contributed by atoms with Crippen molar-refractivity contribution < 1.29 is 0 Å². The number of nitriles is 3. The molecule has 92 valence electrons. The lowest BCUT2D eigenvalue weighted by Gasteiger charge is -2.26. The molecule has 1 rings (SSSR count). The molecule has 0 aromatic carbocycles. The van der Waals surface area contributed by atoms with E-state index in [4.69, 9.17) is 11.0 Å². The zero-order valence-corrected chi connectivity index (χ0v) is 10.4. The molecule has 0 aliphatic carbocycles. The van der Waals surface area contributed by atoms with E-state index in [9.17, 15) is 10.5 Å². The maximum Gasteiger partial charge on any atom is 0.204 e. The van der Waals surface area contributed by atoms with E-state index in [1.54, 1.807) is 6.21 Å². The van der Waals surface area contributed by atoms with Gasteiger partial charge in [0.15, 0.2) is 0 Å². The summed E-state index contributed by atoms with van der Waals surface area (Å²) in [4.78, 5) is 0. The molecule has 0 aromatic rings. The summed E-state index contributed by atoms with van der Waals surface area (Å²) in [5.41, 5.74) is 4.30. The van der Waals surface area contributed by atoms with Crippen molar-refractivity contribution >= 4 is 6.21 Å². The molecule has 0 bridgehead atoms. The van der Waals surface area contributed by atoms with Crippen LogP contribution in [0.3, 0.4) is 0 Å². The minimum atomic E-state index is -1.53. The van der Waals surface area contributed by atoms with Gasteiger partial charge >= 0.3 is 0 Å². The van der Waals surface area contributed by atoms with Crippen molar-refractivity contribution in [1.29, 1.82) is 15.8 Å². The highest BCUT2D eigenvalue weighted by Crippen LogP contribution is 2.43. The van der Waals surface area contributed by atoms with Gasteiger partial charge in [0.2, 0.25) is 5.41 Å². The molecule has 0 fully saturated rings. The Bertz CT molecular complexity index is 496. The molecule has 1 heterocycles. The van der Waals surface area contributed by atoms with Crippen LogP contribution in [0, 0.1) is 39.4 Å². The lowest BCUT2D eigenvalue weighted by molar-refractivity contribution is 0.231. The van der Waals surface area contributed by atoms with Gasteiger partial charge in [-0.15, -0.1) is 0 Å². The molecule has 2 N–H and O–H groups in total. The second-order valence-electron chi connectivity index (χ2n) is 3.88. The first-order valence-corrected chi connectivity index (χ1v) is 5.67. The van der Waals surface area contributed by atoms with Crippen LogP contribution in [0.15, 0.2) is 16.5 Å². The third kappa shape index (κ3) is 1.67. The fraction of sp³-hybridized carbons (Fsp3) is 0.500.